The largest absolute Gasteiger partial charge is 0.505 e. The normalized spacial score (nSPS) is 17.1. The summed E-state index contributed by atoms with van der Waals surface area (Å²) < 4.78 is 7.58. The molecular formula is C29H28N4O4. The Balaban J connectivity index is 1.65. The second-order valence-electron chi connectivity index (χ2n) is 9.14. The SMILES string of the molecule is CCCOc1ccc(C2C(=C(O)c3nc4c(C)cccn4c3C)C(=O)C(=O)N2Cc2cccnc2)cc1. The summed E-state index contributed by atoms with van der Waals surface area (Å²) in [4.78, 5) is 37.0. The Hall–Kier alpha value is -4.46. The maximum atomic E-state index is 13.4. The molecule has 0 spiro atoms. The van der Waals surface area contributed by atoms with E-state index in [9.17, 15) is 14.7 Å². The first-order valence-electron chi connectivity index (χ1n) is 12.3. The van der Waals surface area contributed by atoms with Gasteiger partial charge in [-0.3, -0.25) is 14.6 Å². The van der Waals surface area contributed by atoms with Gasteiger partial charge in [0.2, 0.25) is 0 Å². The number of fused-ring (bicyclic) bond motifs is 1. The molecule has 4 heterocycles. The highest BCUT2D eigenvalue weighted by molar-refractivity contribution is 6.46. The summed E-state index contributed by atoms with van der Waals surface area (Å²) in [5, 5.41) is 11.5. The number of aliphatic hydroxyl groups excluding tert-OH is 1. The molecule has 0 aliphatic carbocycles. The van der Waals surface area contributed by atoms with Crippen molar-refractivity contribution in [3.05, 3.63) is 101 Å². The number of carbonyl (C=O) groups is 2. The van der Waals surface area contributed by atoms with Crippen LogP contribution in [-0.4, -0.2) is 42.7 Å². The first-order valence-corrected chi connectivity index (χ1v) is 12.3. The van der Waals surface area contributed by atoms with Gasteiger partial charge in [-0.15, -0.1) is 0 Å². The molecule has 0 bridgehead atoms. The van der Waals surface area contributed by atoms with Crippen LogP contribution in [0.3, 0.4) is 0 Å². The summed E-state index contributed by atoms with van der Waals surface area (Å²) in [6.07, 6.45) is 6.05. The van der Waals surface area contributed by atoms with Gasteiger partial charge in [-0.2, -0.15) is 0 Å². The molecule has 4 aromatic rings. The third-order valence-electron chi connectivity index (χ3n) is 6.59. The number of hydrogen-bond acceptors (Lipinski definition) is 6. The van der Waals surface area contributed by atoms with Crippen LogP contribution in [0.4, 0.5) is 0 Å². The number of likely N-dealkylation sites (tertiary alicyclic amines) is 1. The summed E-state index contributed by atoms with van der Waals surface area (Å²) in [6.45, 7) is 6.54. The molecule has 8 heteroatoms. The van der Waals surface area contributed by atoms with Crippen molar-refractivity contribution in [2.75, 3.05) is 6.61 Å². The molecule has 1 aliphatic rings. The Morgan fingerprint density at radius 3 is 2.54 bits per heavy atom. The Bertz CT molecular complexity index is 1510. The van der Waals surface area contributed by atoms with Crippen LogP contribution >= 0.6 is 0 Å². The van der Waals surface area contributed by atoms with Gasteiger partial charge >= 0.3 is 0 Å². The number of carbonyl (C=O) groups excluding carboxylic acids is 2. The smallest absolute Gasteiger partial charge is 0.295 e. The van der Waals surface area contributed by atoms with Gasteiger partial charge in [0.15, 0.2) is 5.76 Å². The molecule has 1 N–H and O–H groups in total. The maximum Gasteiger partial charge on any atom is 0.295 e. The van der Waals surface area contributed by atoms with Crippen molar-refractivity contribution in [3.63, 3.8) is 0 Å². The lowest BCUT2D eigenvalue weighted by atomic mass is 9.96. The molecule has 37 heavy (non-hydrogen) atoms. The number of aryl methyl sites for hydroxylation is 2. The maximum absolute atomic E-state index is 13.4. The molecule has 1 aliphatic heterocycles. The second kappa shape index (κ2) is 9.89. The molecule has 1 unspecified atom stereocenters. The zero-order valence-electron chi connectivity index (χ0n) is 21.0. The number of aromatic nitrogens is 3. The zero-order chi connectivity index (χ0) is 26.1. The number of ether oxygens (including phenoxy) is 1. The van der Waals surface area contributed by atoms with E-state index in [4.69, 9.17) is 4.74 Å². The van der Waals surface area contributed by atoms with Crippen LogP contribution in [0.15, 0.2) is 72.7 Å². The van der Waals surface area contributed by atoms with Gasteiger partial charge in [-0.05, 0) is 61.2 Å². The van der Waals surface area contributed by atoms with Crippen molar-refractivity contribution in [1.82, 2.24) is 19.3 Å². The first kappa shape index (κ1) is 24.2. The van der Waals surface area contributed by atoms with Crippen LogP contribution in [0.1, 0.15) is 47.5 Å². The summed E-state index contributed by atoms with van der Waals surface area (Å²) in [7, 11) is 0. The quantitative estimate of drug-likeness (QED) is 0.225. The first-order chi connectivity index (χ1) is 17.9. The molecule has 1 fully saturated rings. The van der Waals surface area contributed by atoms with E-state index < -0.39 is 17.7 Å². The van der Waals surface area contributed by atoms with Gasteiger partial charge < -0.3 is 19.1 Å². The van der Waals surface area contributed by atoms with E-state index >= 15 is 0 Å². The Kier molecular flexibility index (Phi) is 6.48. The average molecular weight is 497 g/mol. The number of rotatable bonds is 7. The summed E-state index contributed by atoms with van der Waals surface area (Å²) >= 11 is 0. The Morgan fingerprint density at radius 2 is 1.86 bits per heavy atom. The van der Waals surface area contributed by atoms with Gasteiger partial charge in [0.25, 0.3) is 11.7 Å². The van der Waals surface area contributed by atoms with E-state index in [0.717, 1.165) is 17.5 Å². The van der Waals surface area contributed by atoms with Gasteiger partial charge in [0, 0.05) is 25.1 Å². The predicted molar refractivity (Wildman–Crippen MR) is 139 cm³/mol. The number of imidazole rings is 1. The number of Topliss-reactive ketones (excluding diaryl/α,β-unsaturated/α-hetero) is 1. The molecule has 1 atom stereocenters. The standard InChI is InChI=1S/C29H28N4O4/c1-4-15-37-22-11-9-21(10-12-22)25-23(27(35)29(36)33(25)17-20-8-5-13-30-16-20)26(34)24-19(3)32-14-6-7-18(2)28(32)31-24/h5-14,16,25,34H,4,15,17H2,1-3H3. The van der Waals surface area contributed by atoms with Crippen LogP contribution in [0.5, 0.6) is 5.75 Å². The highest BCUT2D eigenvalue weighted by atomic mass is 16.5. The molecule has 1 aromatic carbocycles. The molecule has 8 nitrogen and oxygen atoms in total. The van der Waals surface area contributed by atoms with Crippen molar-refractivity contribution < 1.29 is 19.4 Å². The third-order valence-corrected chi connectivity index (χ3v) is 6.59. The molecule has 0 radical (unpaired) electrons. The lowest BCUT2D eigenvalue weighted by molar-refractivity contribution is -0.140. The van der Waals surface area contributed by atoms with Crippen molar-refractivity contribution in [2.45, 2.75) is 39.8 Å². The van der Waals surface area contributed by atoms with E-state index in [1.165, 1.54) is 4.90 Å². The van der Waals surface area contributed by atoms with E-state index in [-0.39, 0.29) is 23.6 Å². The molecule has 188 valence electrons. The fraction of sp³-hybridized carbons (Fsp3) is 0.241. The summed E-state index contributed by atoms with van der Waals surface area (Å²) in [6, 6.07) is 13.9. The molecule has 0 saturated carbocycles. The van der Waals surface area contributed by atoms with Gasteiger partial charge in [-0.1, -0.05) is 31.2 Å². The van der Waals surface area contributed by atoms with E-state index in [2.05, 4.69) is 9.97 Å². The van der Waals surface area contributed by atoms with Crippen molar-refractivity contribution in [2.24, 2.45) is 0 Å². The number of ketones is 1. The number of aliphatic hydroxyl groups is 1. The second-order valence-corrected chi connectivity index (χ2v) is 9.14. The summed E-state index contributed by atoms with van der Waals surface area (Å²) in [5.41, 5.74) is 4.04. The molecular weight excluding hydrogens is 468 g/mol. The van der Waals surface area contributed by atoms with Gasteiger partial charge in [0.1, 0.15) is 17.1 Å². The number of amides is 1. The number of nitrogens with zero attached hydrogens (tertiary/aromatic N) is 4. The minimum atomic E-state index is -0.800. The molecule has 1 amide bonds. The lowest BCUT2D eigenvalue weighted by Crippen LogP contribution is -2.29. The van der Waals surface area contributed by atoms with Crippen molar-refractivity contribution in [1.29, 1.82) is 0 Å². The predicted octanol–water partition coefficient (Wildman–Crippen LogP) is 4.76. The Labute approximate surface area is 214 Å². The monoisotopic (exact) mass is 496 g/mol. The highest BCUT2D eigenvalue weighted by Gasteiger charge is 2.46. The van der Waals surface area contributed by atoms with E-state index in [0.29, 0.717) is 29.3 Å². The van der Waals surface area contributed by atoms with Crippen LogP contribution in [0.2, 0.25) is 0 Å². The minimum Gasteiger partial charge on any atom is -0.505 e. The third kappa shape index (κ3) is 4.35. The Morgan fingerprint density at radius 1 is 1.08 bits per heavy atom. The number of benzene rings is 1. The van der Waals surface area contributed by atoms with Crippen LogP contribution in [-0.2, 0) is 16.1 Å². The van der Waals surface area contributed by atoms with Crippen LogP contribution < -0.4 is 4.74 Å². The fourth-order valence-electron chi connectivity index (χ4n) is 4.72. The number of pyridine rings is 2. The van der Waals surface area contributed by atoms with E-state index in [1.807, 2.05) is 73.8 Å². The summed E-state index contributed by atoms with van der Waals surface area (Å²) in [5.74, 6) is -1.02. The van der Waals surface area contributed by atoms with E-state index in [1.54, 1.807) is 18.5 Å². The van der Waals surface area contributed by atoms with Crippen LogP contribution in [0, 0.1) is 13.8 Å². The highest BCUT2D eigenvalue weighted by Crippen LogP contribution is 2.41. The lowest BCUT2D eigenvalue weighted by Gasteiger charge is -2.25. The topological polar surface area (TPSA) is 97.0 Å². The van der Waals surface area contributed by atoms with Crippen LogP contribution in [0.25, 0.3) is 11.4 Å². The van der Waals surface area contributed by atoms with Crippen molar-refractivity contribution >= 4 is 23.1 Å². The zero-order valence-corrected chi connectivity index (χ0v) is 21.0. The fourth-order valence-corrected chi connectivity index (χ4v) is 4.72. The van der Waals surface area contributed by atoms with Crippen molar-refractivity contribution in [3.8, 4) is 5.75 Å². The average Bonchev–Trinajstić information content (AvgIpc) is 3.38. The minimum absolute atomic E-state index is 0.0141. The molecule has 3 aromatic heterocycles. The number of hydrogen-bond donors (Lipinski definition) is 1. The molecule has 5 rings (SSSR count). The molecule has 1 saturated heterocycles. The van der Waals surface area contributed by atoms with Gasteiger partial charge in [0.05, 0.1) is 23.9 Å². The van der Waals surface area contributed by atoms with Gasteiger partial charge in [-0.25, -0.2) is 4.98 Å².